The maximum Gasteiger partial charge on any atom is 0.416 e. The largest absolute Gasteiger partial charge is 0.493 e. The van der Waals surface area contributed by atoms with Crippen LogP contribution in [0.2, 0.25) is 10.0 Å². The molecule has 0 saturated carbocycles. The summed E-state index contributed by atoms with van der Waals surface area (Å²) in [6.07, 6.45) is 0.432. The van der Waals surface area contributed by atoms with E-state index < -0.39 is 11.7 Å². The molecule has 0 amide bonds. The Bertz CT molecular complexity index is 1350. The Balaban J connectivity index is 1.44. The van der Waals surface area contributed by atoms with Gasteiger partial charge in [0.15, 0.2) is 11.5 Å². The van der Waals surface area contributed by atoms with Gasteiger partial charge in [0.1, 0.15) is 6.61 Å². The van der Waals surface area contributed by atoms with Gasteiger partial charge >= 0.3 is 6.18 Å². The average Bonchev–Trinajstić information content (AvgIpc) is 3.34. The minimum atomic E-state index is -4.38. The van der Waals surface area contributed by atoms with Crippen LogP contribution in [0.4, 0.5) is 18.9 Å². The van der Waals surface area contributed by atoms with Gasteiger partial charge in [0.05, 0.1) is 33.2 Å². The number of anilines is 1. The summed E-state index contributed by atoms with van der Waals surface area (Å²) in [6.45, 7) is 0.260. The summed E-state index contributed by atoms with van der Waals surface area (Å²) in [5, 5.41) is 4.40. The van der Waals surface area contributed by atoms with E-state index in [0.29, 0.717) is 37.3 Å². The monoisotopic (exact) mass is 597 g/mol. The molecule has 3 atom stereocenters. The molecule has 9 heteroatoms. The van der Waals surface area contributed by atoms with Crippen molar-refractivity contribution in [1.82, 2.24) is 0 Å². The Morgan fingerprint density at radius 2 is 1.86 bits per heavy atom. The highest BCUT2D eigenvalue weighted by molar-refractivity contribution is 9.10. The third-order valence-electron chi connectivity index (χ3n) is 6.67. The van der Waals surface area contributed by atoms with Crippen molar-refractivity contribution in [3.63, 3.8) is 0 Å². The fourth-order valence-corrected chi connectivity index (χ4v) is 5.84. The molecule has 3 nitrogen and oxygen atoms in total. The summed E-state index contributed by atoms with van der Waals surface area (Å²) in [5.74, 6) is 1.05. The summed E-state index contributed by atoms with van der Waals surface area (Å²) in [5.41, 5.74) is 2.55. The number of halogens is 6. The zero-order valence-electron chi connectivity index (χ0n) is 19.0. The number of fused-ring (bicyclic) bond motifs is 3. The topological polar surface area (TPSA) is 30.5 Å². The molecule has 188 valence electrons. The second kappa shape index (κ2) is 9.84. The smallest absolute Gasteiger partial charge is 0.416 e. The molecule has 1 aliphatic carbocycles. The van der Waals surface area contributed by atoms with Crippen LogP contribution in [-0.2, 0) is 12.8 Å². The number of ether oxygens (including phenoxy) is 2. The number of benzene rings is 3. The van der Waals surface area contributed by atoms with Crippen molar-refractivity contribution in [2.75, 3.05) is 12.4 Å². The lowest BCUT2D eigenvalue weighted by molar-refractivity contribution is -0.137. The first kappa shape index (κ1) is 25.3. The van der Waals surface area contributed by atoms with E-state index in [1.807, 2.05) is 30.4 Å². The van der Waals surface area contributed by atoms with E-state index in [-0.39, 0.29) is 24.5 Å². The summed E-state index contributed by atoms with van der Waals surface area (Å²) in [4.78, 5) is 0. The van der Waals surface area contributed by atoms with Crippen molar-refractivity contribution in [3.8, 4) is 11.5 Å². The molecule has 2 aliphatic rings. The molecule has 1 N–H and O–H groups in total. The highest BCUT2D eigenvalue weighted by atomic mass is 79.9. The maximum absolute atomic E-state index is 13.3. The Kier molecular flexibility index (Phi) is 6.92. The zero-order chi connectivity index (χ0) is 25.6. The van der Waals surface area contributed by atoms with Gasteiger partial charge in [0.25, 0.3) is 0 Å². The highest BCUT2D eigenvalue weighted by Gasteiger charge is 2.40. The molecule has 0 aromatic heterocycles. The SMILES string of the molecule is COc1cc([C@@H]2Nc3ccc(C(F)(F)F)cc3[C@H]3C=CC[C@H]32)cc(Br)c1OCc1ccc(Cl)c(Cl)c1. The van der Waals surface area contributed by atoms with Crippen LogP contribution in [0.1, 0.15) is 40.6 Å². The van der Waals surface area contributed by atoms with E-state index >= 15 is 0 Å². The number of hydrogen-bond donors (Lipinski definition) is 1. The summed E-state index contributed by atoms with van der Waals surface area (Å²) in [6, 6.07) is 13.0. The van der Waals surface area contributed by atoms with Crippen molar-refractivity contribution in [2.24, 2.45) is 5.92 Å². The lowest BCUT2D eigenvalue weighted by atomic mass is 9.76. The number of rotatable bonds is 5. The van der Waals surface area contributed by atoms with E-state index in [1.54, 1.807) is 19.2 Å². The normalized spacial score (nSPS) is 20.5. The van der Waals surface area contributed by atoms with Gasteiger partial charge in [-0.15, -0.1) is 0 Å². The van der Waals surface area contributed by atoms with Crippen molar-refractivity contribution < 1.29 is 22.6 Å². The molecule has 0 radical (unpaired) electrons. The van der Waals surface area contributed by atoms with Gasteiger partial charge in [0.2, 0.25) is 0 Å². The second-order valence-electron chi connectivity index (χ2n) is 8.85. The first-order valence-corrected chi connectivity index (χ1v) is 12.8. The molecule has 3 aromatic rings. The van der Waals surface area contributed by atoms with Gasteiger partial charge in [-0.25, -0.2) is 0 Å². The van der Waals surface area contributed by atoms with Crippen molar-refractivity contribution in [2.45, 2.75) is 31.2 Å². The lowest BCUT2D eigenvalue weighted by Gasteiger charge is -2.38. The summed E-state index contributed by atoms with van der Waals surface area (Å²) in [7, 11) is 1.57. The van der Waals surface area contributed by atoms with Gasteiger partial charge in [0, 0.05) is 11.6 Å². The van der Waals surface area contributed by atoms with E-state index in [2.05, 4.69) is 21.2 Å². The van der Waals surface area contributed by atoms with Crippen LogP contribution >= 0.6 is 39.1 Å². The average molecular weight is 599 g/mol. The second-order valence-corrected chi connectivity index (χ2v) is 10.5. The molecular formula is C27H21BrCl2F3NO2. The van der Waals surface area contributed by atoms with E-state index in [0.717, 1.165) is 23.6 Å². The minimum Gasteiger partial charge on any atom is -0.493 e. The molecule has 36 heavy (non-hydrogen) atoms. The highest BCUT2D eigenvalue weighted by Crippen LogP contribution is 2.52. The van der Waals surface area contributed by atoms with Crippen LogP contribution in [-0.4, -0.2) is 7.11 Å². The number of alkyl halides is 3. The molecule has 0 fully saturated rings. The van der Waals surface area contributed by atoms with Crippen molar-refractivity contribution in [3.05, 3.63) is 97.5 Å². The number of nitrogens with one attached hydrogen (secondary N) is 1. The molecule has 0 spiro atoms. The van der Waals surface area contributed by atoms with Crippen molar-refractivity contribution >= 4 is 44.8 Å². The Hall–Kier alpha value is -2.35. The third-order valence-corrected chi connectivity index (χ3v) is 8.00. The van der Waals surface area contributed by atoms with Crippen LogP contribution in [0.3, 0.4) is 0 Å². The minimum absolute atomic E-state index is 0.0700. The van der Waals surface area contributed by atoms with Crippen LogP contribution in [0.25, 0.3) is 0 Å². The first-order valence-electron chi connectivity index (χ1n) is 11.2. The molecular weight excluding hydrogens is 578 g/mol. The zero-order valence-corrected chi connectivity index (χ0v) is 22.1. The van der Waals surface area contributed by atoms with Gasteiger partial charge in [-0.05, 0) is 87.4 Å². The van der Waals surface area contributed by atoms with Gasteiger partial charge < -0.3 is 14.8 Å². The van der Waals surface area contributed by atoms with E-state index in [9.17, 15) is 13.2 Å². The van der Waals surface area contributed by atoms with E-state index in [4.69, 9.17) is 32.7 Å². The van der Waals surface area contributed by atoms with Gasteiger partial charge in [-0.1, -0.05) is 41.4 Å². The Labute approximate surface area is 225 Å². The fraction of sp³-hybridized carbons (Fsp3) is 0.259. The number of allylic oxidation sites excluding steroid dienone is 2. The summed E-state index contributed by atoms with van der Waals surface area (Å²) >= 11 is 15.7. The van der Waals surface area contributed by atoms with Crippen LogP contribution in [0.15, 0.2) is 65.2 Å². The molecule has 1 heterocycles. The number of methoxy groups -OCH3 is 1. The molecule has 0 saturated heterocycles. The predicted octanol–water partition coefficient (Wildman–Crippen LogP) is 9.19. The van der Waals surface area contributed by atoms with E-state index in [1.165, 1.54) is 12.1 Å². The molecule has 5 rings (SSSR count). The molecule has 0 unspecified atom stereocenters. The Morgan fingerprint density at radius 3 is 2.58 bits per heavy atom. The molecule has 1 aliphatic heterocycles. The quantitative estimate of drug-likeness (QED) is 0.297. The van der Waals surface area contributed by atoms with Gasteiger partial charge in [-0.2, -0.15) is 13.2 Å². The fourth-order valence-electron chi connectivity index (χ4n) is 4.95. The molecule has 0 bridgehead atoms. The van der Waals surface area contributed by atoms with Gasteiger partial charge in [-0.3, -0.25) is 0 Å². The molecule has 3 aromatic carbocycles. The van der Waals surface area contributed by atoms with Crippen LogP contribution < -0.4 is 14.8 Å². The van der Waals surface area contributed by atoms with Crippen LogP contribution in [0.5, 0.6) is 11.5 Å². The number of hydrogen-bond acceptors (Lipinski definition) is 3. The van der Waals surface area contributed by atoms with Crippen molar-refractivity contribution in [1.29, 1.82) is 0 Å². The predicted molar refractivity (Wildman–Crippen MR) is 139 cm³/mol. The summed E-state index contributed by atoms with van der Waals surface area (Å²) < 4.78 is 52.4. The maximum atomic E-state index is 13.3. The third kappa shape index (κ3) is 4.81. The standard InChI is InChI=1S/C27H21BrCl2F3NO2/c1-35-24-11-15(10-20(28)26(24)36-13-14-5-7-21(29)22(30)9-14)25-18-4-2-3-17(18)19-12-16(27(31,32)33)6-8-23(19)34-25/h2-3,5-12,17-18,25,34H,4,13H2,1H3/t17-,18+,25-/m0/s1. The lowest BCUT2D eigenvalue weighted by Crippen LogP contribution is -2.29. The first-order chi connectivity index (χ1) is 17.2. The van der Waals surface area contributed by atoms with Crippen LogP contribution in [0, 0.1) is 5.92 Å². The Morgan fingerprint density at radius 1 is 1.06 bits per heavy atom.